The first-order valence-corrected chi connectivity index (χ1v) is 9.15. The van der Waals surface area contributed by atoms with Crippen LogP contribution in [0.1, 0.15) is 45.2 Å². The SMILES string of the molecule is CC(C)c1nn(CC(=O)N[C@H]2C[C@@](C)(O)C2)c(=O)cc1-c1cc(F)ccc1F. The minimum absolute atomic E-state index is 0.0402. The Labute approximate surface area is 161 Å². The Balaban J connectivity index is 1.88. The van der Waals surface area contributed by atoms with Crippen LogP contribution < -0.4 is 10.9 Å². The zero-order chi connectivity index (χ0) is 20.6. The van der Waals surface area contributed by atoms with E-state index in [0.717, 1.165) is 22.9 Å². The number of rotatable bonds is 5. The predicted octanol–water partition coefficient (Wildman–Crippen LogP) is 2.34. The van der Waals surface area contributed by atoms with Gasteiger partial charge in [-0.1, -0.05) is 13.8 Å². The lowest BCUT2D eigenvalue weighted by Gasteiger charge is -2.41. The maximum absolute atomic E-state index is 14.2. The molecule has 2 aromatic rings. The van der Waals surface area contributed by atoms with Crippen molar-refractivity contribution in [3.63, 3.8) is 0 Å². The van der Waals surface area contributed by atoms with Gasteiger partial charge in [0.05, 0.1) is 11.3 Å². The molecule has 1 aliphatic carbocycles. The van der Waals surface area contributed by atoms with Gasteiger partial charge in [-0.3, -0.25) is 9.59 Å². The van der Waals surface area contributed by atoms with E-state index in [4.69, 9.17) is 0 Å². The summed E-state index contributed by atoms with van der Waals surface area (Å²) in [5, 5.41) is 16.7. The third-order valence-electron chi connectivity index (χ3n) is 4.82. The van der Waals surface area contributed by atoms with E-state index >= 15 is 0 Å². The summed E-state index contributed by atoms with van der Waals surface area (Å²) in [5.41, 5.74) is -0.790. The van der Waals surface area contributed by atoms with E-state index < -0.39 is 28.7 Å². The first-order chi connectivity index (χ1) is 13.1. The Kier molecular flexibility index (Phi) is 5.34. The summed E-state index contributed by atoms with van der Waals surface area (Å²) in [6, 6.07) is 4.08. The van der Waals surface area contributed by atoms with Crippen LogP contribution in [0.4, 0.5) is 8.78 Å². The number of carbonyl (C=O) groups is 1. The second-order valence-electron chi connectivity index (χ2n) is 7.89. The second-order valence-corrected chi connectivity index (χ2v) is 7.89. The highest BCUT2D eigenvalue weighted by atomic mass is 19.1. The minimum atomic E-state index is -0.769. The number of amides is 1. The van der Waals surface area contributed by atoms with Gasteiger partial charge in [0.25, 0.3) is 5.56 Å². The topological polar surface area (TPSA) is 84.2 Å². The molecule has 0 radical (unpaired) electrons. The minimum Gasteiger partial charge on any atom is -0.390 e. The molecule has 2 N–H and O–H groups in total. The van der Waals surface area contributed by atoms with E-state index in [1.54, 1.807) is 6.92 Å². The van der Waals surface area contributed by atoms with E-state index in [1.807, 2.05) is 13.8 Å². The van der Waals surface area contributed by atoms with Gasteiger partial charge in [-0.15, -0.1) is 0 Å². The lowest BCUT2D eigenvalue weighted by atomic mass is 9.77. The number of carbonyl (C=O) groups excluding carboxylic acids is 1. The first kappa shape index (κ1) is 20.1. The van der Waals surface area contributed by atoms with Crippen molar-refractivity contribution in [1.82, 2.24) is 15.1 Å². The van der Waals surface area contributed by atoms with Crippen molar-refractivity contribution in [2.45, 2.75) is 57.7 Å². The van der Waals surface area contributed by atoms with Gasteiger partial charge in [-0.05, 0) is 43.9 Å². The summed E-state index contributed by atoms with van der Waals surface area (Å²) in [7, 11) is 0. The monoisotopic (exact) mass is 391 g/mol. The molecular formula is C20H23F2N3O3. The van der Waals surface area contributed by atoms with Crippen molar-refractivity contribution in [1.29, 1.82) is 0 Å². The first-order valence-electron chi connectivity index (χ1n) is 9.15. The average molecular weight is 391 g/mol. The molecule has 1 amide bonds. The number of aliphatic hydroxyl groups is 1. The molecule has 1 aliphatic rings. The molecule has 1 heterocycles. The maximum Gasteiger partial charge on any atom is 0.267 e. The number of hydrogen-bond donors (Lipinski definition) is 2. The van der Waals surface area contributed by atoms with Crippen LogP contribution in [0, 0.1) is 11.6 Å². The molecule has 1 saturated carbocycles. The number of benzene rings is 1. The molecule has 1 aromatic heterocycles. The van der Waals surface area contributed by atoms with Gasteiger partial charge >= 0.3 is 0 Å². The fourth-order valence-electron chi connectivity index (χ4n) is 3.48. The molecule has 28 heavy (non-hydrogen) atoms. The molecule has 8 heteroatoms. The molecule has 6 nitrogen and oxygen atoms in total. The largest absolute Gasteiger partial charge is 0.390 e. The third-order valence-corrected chi connectivity index (χ3v) is 4.82. The lowest BCUT2D eigenvalue weighted by molar-refractivity contribution is -0.125. The zero-order valence-electron chi connectivity index (χ0n) is 16.0. The van der Waals surface area contributed by atoms with Gasteiger partial charge in [0.2, 0.25) is 5.91 Å². The van der Waals surface area contributed by atoms with Crippen LogP contribution in [-0.4, -0.2) is 32.4 Å². The van der Waals surface area contributed by atoms with Crippen LogP contribution in [0.3, 0.4) is 0 Å². The number of halogens is 2. The highest BCUT2D eigenvalue weighted by molar-refractivity contribution is 5.76. The van der Waals surface area contributed by atoms with Crippen LogP contribution in [0.2, 0.25) is 0 Å². The van der Waals surface area contributed by atoms with Crippen molar-refractivity contribution in [2.75, 3.05) is 0 Å². The molecule has 0 unspecified atom stereocenters. The molecule has 3 rings (SSSR count). The summed E-state index contributed by atoms with van der Waals surface area (Å²) in [6.07, 6.45) is 0.909. The van der Waals surface area contributed by atoms with Crippen LogP contribution in [0.15, 0.2) is 29.1 Å². The smallest absolute Gasteiger partial charge is 0.267 e. The fraction of sp³-hybridized carbons (Fsp3) is 0.450. The molecular weight excluding hydrogens is 368 g/mol. The summed E-state index contributed by atoms with van der Waals surface area (Å²) in [6.45, 7) is 5.03. The third kappa shape index (κ3) is 4.27. The Morgan fingerprint density at radius 3 is 2.61 bits per heavy atom. The van der Waals surface area contributed by atoms with Gasteiger partial charge in [0.15, 0.2) is 0 Å². The molecule has 1 fully saturated rings. The Morgan fingerprint density at radius 1 is 1.32 bits per heavy atom. The van der Waals surface area contributed by atoms with E-state index in [-0.39, 0.29) is 29.6 Å². The van der Waals surface area contributed by atoms with Crippen LogP contribution in [0.25, 0.3) is 11.1 Å². The van der Waals surface area contributed by atoms with Gasteiger partial charge in [-0.25, -0.2) is 13.5 Å². The van der Waals surface area contributed by atoms with Gasteiger partial charge < -0.3 is 10.4 Å². The summed E-state index contributed by atoms with van der Waals surface area (Å²) >= 11 is 0. The molecule has 150 valence electrons. The summed E-state index contributed by atoms with van der Waals surface area (Å²) in [5.74, 6) is -1.85. The second kappa shape index (κ2) is 7.43. The summed E-state index contributed by atoms with van der Waals surface area (Å²) in [4.78, 5) is 24.7. The molecule has 0 atom stereocenters. The van der Waals surface area contributed by atoms with E-state index in [9.17, 15) is 23.5 Å². The lowest BCUT2D eigenvalue weighted by Crippen LogP contribution is -2.54. The molecule has 0 saturated heterocycles. The standard InChI is InChI=1S/C20H23F2N3O3/c1-11(2)19-15(14-6-12(21)4-5-16(14)22)7-18(27)25(24-19)10-17(26)23-13-8-20(3,28)9-13/h4-7,11,13,28H,8-10H2,1-3H3,(H,23,26)/t13-,20+. The highest BCUT2D eigenvalue weighted by Crippen LogP contribution is 2.31. The van der Waals surface area contributed by atoms with Crippen molar-refractivity contribution in [2.24, 2.45) is 0 Å². The number of nitrogens with zero attached hydrogens (tertiary/aromatic N) is 2. The van der Waals surface area contributed by atoms with Crippen molar-refractivity contribution >= 4 is 5.91 Å². The highest BCUT2D eigenvalue weighted by Gasteiger charge is 2.39. The van der Waals surface area contributed by atoms with E-state index in [2.05, 4.69) is 10.4 Å². The number of hydrogen-bond acceptors (Lipinski definition) is 4. The number of aromatic nitrogens is 2. The quantitative estimate of drug-likeness (QED) is 0.820. The van der Waals surface area contributed by atoms with E-state index in [0.29, 0.717) is 18.5 Å². The molecule has 1 aromatic carbocycles. The Morgan fingerprint density at radius 2 is 2.00 bits per heavy atom. The summed E-state index contributed by atoms with van der Waals surface area (Å²) < 4.78 is 28.8. The molecule has 0 bridgehead atoms. The van der Waals surface area contributed by atoms with Crippen molar-refractivity contribution < 1.29 is 18.7 Å². The number of nitrogens with one attached hydrogen (secondary N) is 1. The van der Waals surface area contributed by atoms with Crippen LogP contribution >= 0.6 is 0 Å². The predicted molar refractivity (Wildman–Crippen MR) is 99.7 cm³/mol. The van der Waals surface area contributed by atoms with Crippen molar-refractivity contribution in [3.8, 4) is 11.1 Å². The average Bonchev–Trinajstić information content (AvgIpc) is 2.56. The van der Waals surface area contributed by atoms with Gasteiger partial charge in [0, 0.05) is 23.2 Å². The molecule has 0 spiro atoms. The van der Waals surface area contributed by atoms with Crippen LogP contribution in [-0.2, 0) is 11.3 Å². The Bertz CT molecular complexity index is 962. The van der Waals surface area contributed by atoms with Gasteiger partial charge in [0.1, 0.15) is 18.2 Å². The molecule has 0 aliphatic heterocycles. The van der Waals surface area contributed by atoms with Crippen molar-refractivity contribution in [3.05, 3.63) is 51.9 Å². The van der Waals surface area contributed by atoms with Crippen LogP contribution in [0.5, 0.6) is 0 Å². The van der Waals surface area contributed by atoms with Gasteiger partial charge in [-0.2, -0.15) is 5.10 Å². The maximum atomic E-state index is 14.2. The zero-order valence-corrected chi connectivity index (χ0v) is 16.0. The Hall–Kier alpha value is -2.61. The normalized spacial score (nSPS) is 21.5. The van der Waals surface area contributed by atoms with E-state index in [1.165, 1.54) is 6.07 Å². The fourth-order valence-corrected chi connectivity index (χ4v) is 3.48.